The summed E-state index contributed by atoms with van der Waals surface area (Å²) in [6.45, 7) is 3.24. The van der Waals surface area contributed by atoms with Crippen molar-refractivity contribution in [3.63, 3.8) is 0 Å². The fourth-order valence-corrected chi connectivity index (χ4v) is 2.22. The maximum atomic E-state index is 12.0. The predicted molar refractivity (Wildman–Crippen MR) is 101 cm³/mol. The highest BCUT2D eigenvalue weighted by Gasteiger charge is 2.12. The monoisotopic (exact) mass is 373 g/mol. The second-order valence-electron chi connectivity index (χ2n) is 5.81. The minimum absolute atomic E-state index is 0.276. The molecule has 2 aromatic rings. The van der Waals surface area contributed by atoms with E-state index < -0.39 is 18.5 Å². The van der Waals surface area contributed by atoms with E-state index in [1.165, 1.54) is 14.2 Å². The lowest BCUT2D eigenvalue weighted by atomic mass is 10.1. The summed E-state index contributed by atoms with van der Waals surface area (Å²) >= 11 is 0. The molecule has 7 nitrogen and oxygen atoms in total. The fourth-order valence-electron chi connectivity index (χ4n) is 2.22. The first-order chi connectivity index (χ1) is 12.9. The normalized spacial score (nSPS) is 10.1. The number of anilines is 1. The van der Waals surface area contributed by atoms with Gasteiger partial charge in [-0.15, -0.1) is 0 Å². The molecule has 7 heteroatoms. The molecule has 0 aliphatic rings. The SMILES string of the molecule is COc1ccc(NC(=O)COC(=O)COc2ccc(C)c(C)c2)c(OC)c1. The van der Waals surface area contributed by atoms with Crippen LogP contribution in [0.1, 0.15) is 11.1 Å². The lowest BCUT2D eigenvalue weighted by Gasteiger charge is -2.12. The Morgan fingerprint density at radius 3 is 2.30 bits per heavy atom. The van der Waals surface area contributed by atoms with Crippen molar-refractivity contribution in [2.75, 3.05) is 32.8 Å². The van der Waals surface area contributed by atoms with Gasteiger partial charge in [-0.05, 0) is 49.2 Å². The van der Waals surface area contributed by atoms with E-state index in [0.29, 0.717) is 22.9 Å². The molecule has 0 saturated carbocycles. The van der Waals surface area contributed by atoms with Crippen LogP contribution in [0.25, 0.3) is 0 Å². The Morgan fingerprint density at radius 1 is 0.889 bits per heavy atom. The number of methoxy groups -OCH3 is 2. The van der Waals surface area contributed by atoms with E-state index in [4.69, 9.17) is 18.9 Å². The van der Waals surface area contributed by atoms with Gasteiger partial charge >= 0.3 is 5.97 Å². The van der Waals surface area contributed by atoms with Crippen molar-refractivity contribution in [3.8, 4) is 17.2 Å². The molecule has 1 amide bonds. The summed E-state index contributed by atoms with van der Waals surface area (Å²) in [4.78, 5) is 23.7. The standard InChI is InChI=1S/C20H23NO6/c1-13-5-6-16(9-14(13)2)26-12-20(23)27-11-19(22)21-17-8-7-15(24-3)10-18(17)25-4/h5-10H,11-12H2,1-4H3,(H,21,22). The number of aryl methyl sites for hydroxylation is 2. The van der Waals surface area contributed by atoms with E-state index >= 15 is 0 Å². The number of amides is 1. The molecule has 0 radical (unpaired) electrons. The Bertz CT molecular complexity index is 818. The van der Waals surface area contributed by atoms with Crippen LogP contribution < -0.4 is 19.5 Å². The van der Waals surface area contributed by atoms with E-state index in [9.17, 15) is 9.59 Å². The number of esters is 1. The lowest BCUT2D eigenvalue weighted by Crippen LogP contribution is -2.23. The Balaban J connectivity index is 1.81. The molecule has 0 heterocycles. The number of hydrogen-bond donors (Lipinski definition) is 1. The van der Waals surface area contributed by atoms with Crippen molar-refractivity contribution in [2.24, 2.45) is 0 Å². The number of benzene rings is 2. The first kappa shape index (κ1) is 20.1. The third kappa shape index (κ3) is 5.91. The Labute approximate surface area is 158 Å². The third-order valence-corrected chi connectivity index (χ3v) is 3.88. The summed E-state index contributed by atoms with van der Waals surface area (Å²) in [5, 5.41) is 2.62. The molecule has 0 aliphatic carbocycles. The summed E-state index contributed by atoms with van der Waals surface area (Å²) in [6.07, 6.45) is 0. The van der Waals surface area contributed by atoms with Crippen molar-refractivity contribution in [2.45, 2.75) is 13.8 Å². The molecule has 0 unspecified atom stereocenters. The average Bonchev–Trinajstić information content (AvgIpc) is 2.67. The highest BCUT2D eigenvalue weighted by atomic mass is 16.6. The quantitative estimate of drug-likeness (QED) is 0.717. The smallest absolute Gasteiger partial charge is 0.344 e. The minimum Gasteiger partial charge on any atom is -0.497 e. The van der Waals surface area contributed by atoms with E-state index in [0.717, 1.165) is 11.1 Å². The lowest BCUT2D eigenvalue weighted by molar-refractivity contribution is -0.149. The molecule has 0 saturated heterocycles. The first-order valence-corrected chi connectivity index (χ1v) is 8.30. The van der Waals surface area contributed by atoms with Crippen LogP contribution in [-0.2, 0) is 14.3 Å². The third-order valence-electron chi connectivity index (χ3n) is 3.88. The van der Waals surface area contributed by atoms with E-state index in [2.05, 4.69) is 5.32 Å². The topological polar surface area (TPSA) is 83.1 Å². The van der Waals surface area contributed by atoms with Crippen molar-refractivity contribution < 1.29 is 28.5 Å². The van der Waals surface area contributed by atoms with Gasteiger partial charge in [0.1, 0.15) is 17.2 Å². The zero-order chi connectivity index (χ0) is 19.8. The average molecular weight is 373 g/mol. The minimum atomic E-state index is -0.634. The molecule has 144 valence electrons. The van der Waals surface area contributed by atoms with E-state index in [-0.39, 0.29) is 6.61 Å². The van der Waals surface area contributed by atoms with E-state index in [1.807, 2.05) is 26.0 Å². The van der Waals surface area contributed by atoms with Gasteiger partial charge in [-0.2, -0.15) is 0 Å². The van der Waals surface area contributed by atoms with Gasteiger partial charge in [-0.1, -0.05) is 6.07 Å². The second kappa shape index (κ2) is 9.47. The molecule has 1 N–H and O–H groups in total. The van der Waals surface area contributed by atoms with Crippen LogP contribution in [0, 0.1) is 13.8 Å². The van der Waals surface area contributed by atoms with Crippen LogP contribution in [0.2, 0.25) is 0 Å². The van der Waals surface area contributed by atoms with Crippen LogP contribution in [-0.4, -0.2) is 39.3 Å². The molecule has 0 bridgehead atoms. The van der Waals surface area contributed by atoms with Crippen LogP contribution >= 0.6 is 0 Å². The summed E-state index contributed by atoms with van der Waals surface area (Å²) in [5.41, 5.74) is 2.65. The van der Waals surface area contributed by atoms with Crippen LogP contribution in [0.3, 0.4) is 0 Å². The van der Waals surface area contributed by atoms with Gasteiger partial charge in [-0.3, -0.25) is 4.79 Å². The highest BCUT2D eigenvalue weighted by molar-refractivity contribution is 5.94. The number of carbonyl (C=O) groups is 2. The maximum Gasteiger partial charge on any atom is 0.344 e. The number of hydrogen-bond acceptors (Lipinski definition) is 6. The molecular formula is C20H23NO6. The Morgan fingerprint density at radius 2 is 1.63 bits per heavy atom. The largest absolute Gasteiger partial charge is 0.497 e. The van der Waals surface area contributed by atoms with E-state index in [1.54, 1.807) is 24.3 Å². The predicted octanol–water partition coefficient (Wildman–Crippen LogP) is 2.88. The van der Waals surface area contributed by atoms with Crippen molar-refractivity contribution >= 4 is 17.6 Å². The van der Waals surface area contributed by atoms with Crippen LogP contribution in [0.5, 0.6) is 17.2 Å². The first-order valence-electron chi connectivity index (χ1n) is 8.30. The zero-order valence-electron chi connectivity index (χ0n) is 15.8. The summed E-state index contributed by atoms with van der Waals surface area (Å²) in [7, 11) is 3.01. The van der Waals surface area contributed by atoms with Crippen molar-refractivity contribution in [1.29, 1.82) is 0 Å². The Hall–Kier alpha value is -3.22. The summed E-state index contributed by atoms with van der Waals surface area (Å²) in [6, 6.07) is 10.5. The molecule has 0 aliphatic heterocycles. The van der Waals surface area contributed by atoms with Gasteiger partial charge in [-0.25, -0.2) is 4.79 Å². The highest BCUT2D eigenvalue weighted by Crippen LogP contribution is 2.28. The van der Waals surface area contributed by atoms with Gasteiger partial charge in [0.25, 0.3) is 5.91 Å². The molecular weight excluding hydrogens is 350 g/mol. The van der Waals surface area contributed by atoms with Gasteiger partial charge < -0.3 is 24.3 Å². The molecule has 0 aromatic heterocycles. The molecule has 27 heavy (non-hydrogen) atoms. The van der Waals surface area contributed by atoms with Crippen molar-refractivity contribution in [1.82, 2.24) is 0 Å². The molecule has 2 aromatic carbocycles. The number of ether oxygens (including phenoxy) is 4. The van der Waals surface area contributed by atoms with Gasteiger partial charge in [0.05, 0.1) is 19.9 Å². The summed E-state index contributed by atoms with van der Waals surface area (Å²) < 4.78 is 20.6. The van der Waals surface area contributed by atoms with Gasteiger partial charge in [0.15, 0.2) is 13.2 Å². The molecule has 0 spiro atoms. The van der Waals surface area contributed by atoms with Gasteiger partial charge in [0.2, 0.25) is 0 Å². The maximum absolute atomic E-state index is 12.0. The molecule has 0 fully saturated rings. The van der Waals surface area contributed by atoms with Crippen LogP contribution in [0.15, 0.2) is 36.4 Å². The summed E-state index contributed by atoms with van der Waals surface area (Å²) in [5.74, 6) is 0.484. The molecule has 0 atom stereocenters. The van der Waals surface area contributed by atoms with Gasteiger partial charge in [0, 0.05) is 6.07 Å². The number of rotatable bonds is 8. The fraction of sp³-hybridized carbons (Fsp3) is 0.300. The number of carbonyl (C=O) groups excluding carboxylic acids is 2. The Kier molecular flexibility index (Phi) is 7.05. The molecule has 2 rings (SSSR count). The van der Waals surface area contributed by atoms with Crippen LogP contribution in [0.4, 0.5) is 5.69 Å². The number of nitrogens with one attached hydrogen (secondary N) is 1. The zero-order valence-corrected chi connectivity index (χ0v) is 15.8. The van der Waals surface area contributed by atoms with Crippen molar-refractivity contribution in [3.05, 3.63) is 47.5 Å². The second-order valence-corrected chi connectivity index (χ2v) is 5.81.